The molecule has 2 atom stereocenters. The minimum absolute atomic E-state index is 0.0732. The molecule has 2 aliphatic rings. The van der Waals surface area contributed by atoms with Crippen molar-refractivity contribution in [1.29, 1.82) is 0 Å². The molecule has 2 aliphatic carbocycles. The third kappa shape index (κ3) is 5.42. The van der Waals surface area contributed by atoms with E-state index >= 15 is 0 Å². The summed E-state index contributed by atoms with van der Waals surface area (Å²) in [5.41, 5.74) is 0.419. The number of rotatable bonds is 10. The van der Waals surface area contributed by atoms with Gasteiger partial charge in [-0.05, 0) is 36.8 Å². The van der Waals surface area contributed by atoms with E-state index in [0.29, 0.717) is 30.5 Å². The summed E-state index contributed by atoms with van der Waals surface area (Å²) in [6.07, 6.45) is 17.9. The van der Waals surface area contributed by atoms with Gasteiger partial charge < -0.3 is 20.4 Å². The Morgan fingerprint density at radius 3 is 2.56 bits per heavy atom. The van der Waals surface area contributed by atoms with Crippen molar-refractivity contribution in [2.45, 2.75) is 75.8 Å². The molecular formula is C27H35N3O2. The quantitative estimate of drug-likeness (QED) is 0.379. The highest BCUT2D eigenvalue weighted by Gasteiger charge is 2.36. The molecule has 5 heteroatoms. The molecule has 2 fully saturated rings. The minimum atomic E-state index is -0.967. The third-order valence-electron chi connectivity index (χ3n) is 7.40. The van der Waals surface area contributed by atoms with Gasteiger partial charge in [0.2, 0.25) is 0 Å². The van der Waals surface area contributed by atoms with Gasteiger partial charge in [0.05, 0.1) is 6.04 Å². The zero-order valence-corrected chi connectivity index (χ0v) is 18.9. The van der Waals surface area contributed by atoms with Gasteiger partial charge in [-0.1, -0.05) is 75.5 Å². The predicted molar refractivity (Wildman–Crippen MR) is 128 cm³/mol. The highest BCUT2D eigenvalue weighted by atomic mass is 16.2. The topological polar surface area (TPSA) is 74.0 Å². The molecule has 0 saturated heterocycles. The number of fused-ring (bicyclic) bond motifs is 1. The van der Waals surface area contributed by atoms with Crippen molar-refractivity contribution in [3.05, 3.63) is 36.0 Å². The van der Waals surface area contributed by atoms with Crippen LogP contribution in [0.15, 0.2) is 30.3 Å². The number of hydrogen-bond acceptors (Lipinski definition) is 3. The van der Waals surface area contributed by atoms with Crippen LogP contribution in [-0.4, -0.2) is 35.3 Å². The molecular weight excluding hydrogens is 398 g/mol. The van der Waals surface area contributed by atoms with Crippen LogP contribution in [0.1, 0.15) is 74.7 Å². The fourth-order valence-electron chi connectivity index (χ4n) is 5.26. The number of benzene rings is 1. The summed E-state index contributed by atoms with van der Waals surface area (Å²) in [6.45, 7) is 0.362. The van der Waals surface area contributed by atoms with Gasteiger partial charge in [-0.3, -0.25) is 4.79 Å². The Kier molecular flexibility index (Phi) is 7.32. The van der Waals surface area contributed by atoms with E-state index in [1.165, 1.54) is 38.5 Å². The highest BCUT2D eigenvalue weighted by Crippen LogP contribution is 2.32. The normalized spacial score (nSPS) is 20.1. The van der Waals surface area contributed by atoms with Crippen molar-refractivity contribution in [1.82, 2.24) is 15.6 Å². The molecule has 32 heavy (non-hydrogen) atoms. The second-order valence-corrected chi connectivity index (χ2v) is 9.84. The molecule has 2 aromatic rings. The lowest BCUT2D eigenvalue weighted by molar-refractivity contribution is -0.113. The van der Waals surface area contributed by atoms with Crippen LogP contribution in [0, 0.1) is 24.2 Å². The Hall–Kier alpha value is -2.58. The second-order valence-electron chi connectivity index (χ2n) is 9.84. The second kappa shape index (κ2) is 10.4. The van der Waals surface area contributed by atoms with E-state index < -0.39 is 5.54 Å². The Balaban J connectivity index is 1.50. The van der Waals surface area contributed by atoms with Crippen LogP contribution in [0.25, 0.3) is 10.9 Å². The Labute approximate surface area is 191 Å². The molecule has 0 aliphatic heterocycles. The summed E-state index contributed by atoms with van der Waals surface area (Å²) in [7, 11) is 0. The zero-order chi connectivity index (χ0) is 22.4. The molecule has 5 nitrogen and oxygen atoms in total. The Morgan fingerprint density at radius 2 is 1.91 bits per heavy atom. The average molecular weight is 434 g/mol. The number of hydrogen-bond donors (Lipinski definition) is 3. The zero-order valence-electron chi connectivity index (χ0n) is 18.9. The molecule has 1 heterocycles. The van der Waals surface area contributed by atoms with Gasteiger partial charge in [-0.25, -0.2) is 0 Å². The molecule has 2 saturated carbocycles. The molecule has 0 radical (unpaired) electrons. The van der Waals surface area contributed by atoms with Crippen LogP contribution in [0.2, 0.25) is 0 Å². The van der Waals surface area contributed by atoms with Crippen molar-refractivity contribution >= 4 is 23.1 Å². The molecule has 0 bridgehead atoms. The standard InChI is InChI=1S/C27H35N3O2/c1-2-23(15-20-11-8-12-20)28-18-27(19-31,17-21-9-4-3-5-10-21)30-26(32)25-16-22-13-6-7-14-24(22)29-25/h1,6-7,13-14,16,19-21,23,28-29H,3-5,8-12,15,17-18H2,(H,30,32)/t23-,27-/m1/s1. The largest absolute Gasteiger partial charge is 0.351 e. The maximum Gasteiger partial charge on any atom is 0.268 e. The number of amides is 1. The van der Waals surface area contributed by atoms with Crippen LogP contribution < -0.4 is 10.6 Å². The van der Waals surface area contributed by atoms with Crippen molar-refractivity contribution < 1.29 is 9.59 Å². The number of aldehydes is 1. The minimum Gasteiger partial charge on any atom is -0.351 e. The fraction of sp³-hybridized carbons (Fsp3) is 0.556. The molecule has 170 valence electrons. The molecule has 4 rings (SSSR count). The first-order valence-corrected chi connectivity index (χ1v) is 12.2. The number of aromatic nitrogens is 1. The van der Waals surface area contributed by atoms with Gasteiger partial charge in [0.15, 0.2) is 0 Å². The molecule has 1 aromatic heterocycles. The SMILES string of the molecule is C#C[C@H](CC1CCC1)NC[C@@](C=O)(CC1CCCCC1)NC(=O)c1cc2ccccc2[nH]1. The monoisotopic (exact) mass is 433 g/mol. The van der Waals surface area contributed by atoms with E-state index in [0.717, 1.165) is 36.5 Å². The fourth-order valence-corrected chi connectivity index (χ4v) is 5.26. The molecule has 1 aromatic carbocycles. The van der Waals surface area contributed by atoms with Gasteiger partial charge in [-0.15, -0.1) is 6.42 Å². The number of para-hydroxylation sites is 1. The van der Waals surface area contributed by atoms with Crippen LogP contribution in [-0.2, 0) is 4.79 Å². The summed E-state index contributed by atoms with van der Waals surface area (Å²) in [5, 5.41) is 7.52. The van der Waals surface area contributed by atoms with Crippen molar-refractivity contribution in [2.24, 2.45) is 11.8 Å². The van der Waals surface area contributed by atoms with E-state index in [1.54, 1.807) is 0 Å². The number of carbonyl (C=O) groups is 2. The van der Waals surface area contributed by atoms with Crippen molar-refractivity contribution in [3.8, 4) is 12.3 Å². The first-order valence-electron chi connectivity index (χ1n) is 12.2. The molecule has 0 unspecified atom stereocenters. The summed E-state index contributed by atoms with van der Waals surface area (Å²) in [5.74, 6) is 3.72. The first-order chi connectivity index (χ1) is 15.6. The van der Waals surface area contributed by atoms with Crippen LogP contribution in [0.5, 0.6) is 0 Å². The highest BCUT2D eigenvalue weighted by molar-refractivity contribution is 5.99. The van der Waals surface area contributed by atoms with Gasteiger partial charge >= 0.3 is 0 Å². The summed E-state index contributed by atoms with van der Waals surface area (Å²) in [4.78, 5) is 28.9. The van der Waals surface area contributed by atoms with E-state index in [-0.39, 0.29) is 11.9 Å². The Morgan fingerprint density at radius 1 is 1.16 bits per heavy atom. The lowest BCUT2D eigenvalue weighted by atomic mass is 9.79. The van der Waals surface area contributed by atoms with Gasteiger partial charge in [0, 0.05) is 17.4 Å². The number of aromatic amines is 1. The van der Waals surface area contributed by atoms with E-state index in [4.69, 9.17) is 6.42 Å². The first kappa shape index (κ1) is 22.6. The van der Waals surface area contributed by atoms with Crippen LogP contribution in [0.3, 0.4) is 0 Å². The van der Waals surface area contributed by atoms with Crippen LogP contribution >= 0.6 is 0 Å². The number of carbonyl (C=O) groups excluding carboxylic acids is 2. The summed E-state index contributed by atoms with van der Waals surface area (Å²) < 4.78 is 0. The molecule has 1 amide bonds. The lowest BCUT2D eigenvalue weighted by Gasteiger charge is -2.36. The van der Waals surface area contributed by atoms with Crippen molar-refractivity contribution in [3.63, 3.8) is 0 Å². The summed E-state index contributed by atoms with van der Waals surface area (Å²) >= 11 is 0. The number of nitrogens with one attached hydrogen (secondary N) is 3. The third-order valence-corrected chi connectivity index (χ3v) is 7.40. The van der Waals surface area contributed by atoms with Gasteiger partial charge in [-0.2, -0.15) is 0 Å². The molecule has 3 N–H and O–H groups in total. The lowest BCUT2D eigenvalue weighted by Crippen LogP contribution is -2.58. The van der Waals surface area contributed by atoms with Gasteiger partial charge in [0.25, 0.3) is 5.91 Å². The Bertz CT molecular complexity index is 932. The predicted octanol–water partition coefficient (Wildman–Crippen LogP) is 4.59. The number of H-pyrrole nitrogens is 1. The van der Waals surface area contributed by atoms with Crippen LogP contribution in [0.4, 0.5) is 0 Å². The van der Waals surface area contributed by atoms with Crippen molar-refractivity contribution in [2.75, 3.05) is 6.54 Å². The van der Waals surface area contributed by atoms with E-state index in [1.807, 2.05) is 30.3 Å². The maximum absolute atomic E-state index is 13.2. The number of terminal acetylenes is 1. The van der Waals surface area contributed by atoms with E-state index in [9.17, 15) is 9.59 Å². The van der Waals surface area contributed by atoms with E-state index in [2.05, 4.69) is 21.5 Å². The van der Waals surface area contributed by atoms with Gasteiger partial charge in [0.1, 0.15) is 17.5 Å². The maximum atomic E-state index is 13.2. The average Bonchev–Trinajstić information content (AvgIpc) is 3.23. The molecule has 0 spiro atoms. The smallest absolute Gasteiger partial charge is 0.268 e. The summed E-state index contributed by atoms with van der Waals surface area (Å²) in [6, 6.07) is 9.57.